The van der Waals surface area contributed by atoms with Gasteiger partial charge in [-0.3, -0.25) is 14.2 Å². The highest BCUT2D eigenvalue weighted by Gasteiger charge is 2.46. The fraction of sp³-hybridized carbons (Fsp3) is 0.292. The number of halogens is 1. The minimum atomic E-state index is -0.566. The van der Waals surface area contributed by atoms with E-state index in [2.05, 4.69) is 15.6 Å². The molecule has 3 aromatic rings. The van der Waals surface area contributed by atoms with E-state index >= 15 is 0 Å². The summed E-state index contributed by atoms with van der Waals surface area (Å²) in [6.45, 7) is 1.57. The summed E-state index contributed by atoms with van der Waals surface area (Å²) >= 11 is 0. The number of nitrogens with zero attached hydrogens (tertiary/aromatic N) is 2. The predicted molar refractivity (Wildman–Crippen MR) is 118 cm³/mol. The first-order valence-electron chi connectivity index (χ1n) is 10.6. The second-order valence-corrected chi connectivity index (χ2v) is 8.53. The number of benzene rings is 2. The van der Waals surface area contributed by atoms with Gasteiger partial charge in [0.2, 0.25) is 0 Å². The molecule has 0 unspecified atom stereocenters. The monoisotopic (exact) mass is 434 g/mol. The number of rotatable bonds is 6. The Hall–Kier alpha value is -3.68. The number of hydrogen-bond acceptors (Lipinski definition) is 5. The van der Waals surface area contributed by atoms with Gasteiger partial charge in [0, 0.05) is 35.1 Å². The van der Waals surface area contributed by atoms with Gasteiger partial charge in [0.1, 0.15) is 11.6 Å². The normalized spacial score (nSPS) is 16.4. The third-order valence-electron chi connectivity index (χ3n) is 6.12. The Morgan fingerprint density at radius 3 is 2.69 bits per heavy atom. The topological polar surface area (TPSA) is 96.2 Å². The lowest BCUT2D eigenvalue weighted by atomic mass is 10.0. The minimum absolute atomic E-state index is 0.0981. The average molecular weight is 434 g/mol. The number of hydrogen-bond donors (Lipinski definition) is 3. The lowest BCUT2D eigenvalue weighted by Crippen LogP contribution is -2.29. The lowest BCUT2D eigenvalue weighted by Gasteiger charge is -2.20. The summed E-state index contributed by atoms with van der Waals surface area (Å²) in [6.07, 6.45) is 6.24. The van der Waals surface area contributed by atoms with Gasteiger partial charge in [0.05, 0.1) is 11.2 Å². The van der Waals surface area contributed by atoms with Crippen molar-refractivity contribution in [3.05, 3.63) is 81.7 Å². The number of carbonyl (C=O) groups is 1. The van der Waals surface area contributed by atoms with Crippen molar-refractivity contribution < 1.29 is 14.3 Å². The summed E-state index contributed by atoms with van der Waals surface area (Å²) in [6, 6.07) is 9.86. The number of phenolic OH excluding ortho intramolecular Hbond substituents is 1. The fourth-order valence-electron chi connectivity index (χ4n) is 3.92. The van der Waals surface area contributed by atoms with Crippen LogP contribution in [0.4, 0.5) is 10.2 Å². The molecular weight excluding hydrogens is 411 g/mol. The Labute approximate surface area is 183 Å². The molecule has 8 heteroatoms. The first kappa shape index (κ1) is 20.2. The molecule has 1 amide bonds. The van der Waals surface area contributed by atoms with Crippen LogP contribution >= 0.6 is 0 Å². The molecule has 2 fully saturated rings. The average Bonchev–Trinajstić information content (AvgIpc) is 3.70. The molecule has 0 atom stereocenters. The summed E-state index contributed by atoms with van der Waals surface area (Å²) in [5.41, 5.74) is 0.390. The summed E-state index contributed by atoms with van der Waals surface area (Å²) in [4.78, 5) is 29.9. The fourth-order valence-corrected chi connectivity index (χ4v) is 3.92. The number of para-hydroxylation sites is 1. The first-order chi connectivity index (χ1) is 15.4. The molecule has 3 N–H and O–H groups in total. The van der Waals surface area contributed by atoms with Gasteiger partial charge in [-0.2, -0.15) is 0 Å². The van der Waals surface area contributed by atoms with Crippen LogP contribution in [-0.4, -0.2) is 26.6 Å². The van der Waals surface area contributed by atoms with E-state index in [9.17, 15) is 19.1 Å². The summed E-state index contributed by atoms with van der Waals surface area (Å²) in [5, 5.41) is 16.3. The Kier molecular flexibility index (Phi) is 4.73. The van der Waals surface area contributed by atoms with Crippen molar-refractivity contribution in [3.8, 4) is 11.4 Å². The number of phenols is 1. The molecular formula is C24H23FN4O3. The molecule has 5 rings (SSSR count). The molecule has 7 nitrogen and oxygen atoms in total. The van der Waals surface area contributed by atoms with E-state index in [4.69, 9.17) is 0 Å². The Balaban J connectivity index is 1.52. The maximum absolute atomic E-state index is 14.7. The standard InChI is InChI=1S/C24H23FN4O3/c1-14-18(25)12-15(22(31)27-16-6-7-16)13-19(14)29-11-10-26-21(23(29)32)28-24(8-9-24)17-4-2-3-5-20(17)30/h2-5,10-13,16,30H,6-9H2,1H3,(H,26,28)(H,27,31). The zero-order valence-corrected chi connectivity index (χ0v) is 17.6. The van der Waals surface area contributed by atoms with Crippen LogP contribution in [0.2, 0.25) is 0 Å². The van der Waals surface area contributed by atoms with Crippen LogP contribution in [0, 0.1) is 12.7 Å². The van der Waals surface area contributed by atoms with E-state index in [1.807, 2.05) is 12.1 Å². The van der Waals surface area contributed by atoms with Crippen molar-refractivity contribution in [3.63, 3.8) is 0 Å². The van der Waals surface area contributed by atoms with Crippen LogP contribution in [0.15, 0.2) is 53.6 Å². The van der Waals surface area contributed by atoms with E-state index in [1.165, 1.54) is 29.1 Å². The highest BCUT2D eigenvalue weighted by molar-refractivity contribution is 5.95. The van der Waals surface area contributed by atoms with Gasteiger partial charge in [-0.05, 0) is 50.8 Å². The highest BCUT2D eigenvalue weighted by atomic mass is 19.1. The van der Waals surface area contributed by atoms with E-state index in [0.717, 1.165) is 25.7 Å². The zero-order valence-electron chi connectivity index (χ0n) is 17.6. The van der Waals surface area contributed by atoms with Crippen molar-refractivity contribution in [1.29, 1.82) is 0 Å². The van der Waals surface area contributed by atoms with Gasteiger partial charge in [-0.25, -0.2) is 9.37 Å². The lowest BCUT2D eigenvalue weighted by molar-refractivity contribution is 0.0950. The van der Waals surface area contributed by atoms with Gasteiger partial charge in [0.25, 0.3) is 11.5 Å². The second kappa shape index (κ2) is 7.47. The van der Waals surface area contributed by atoms with Crippen molar-refractivity contribution in [2.45, 2.75) is 44.2 Å². The SMILES string of the molecule is Cc1c(F)cc(C(=O)NC2CC2)cc1-n1ccnc(NC2(c3ccccc3O)CC2)c1=O. The predicted octanol–water partition coefficient (Wildman–Crippen LogP) is 3.38. The van der Waals surface area contributed by atoms with Gasteiger partial charge >= 0.3 is 0 Å². The molecule has 0 aliphatic heterocycles. The van der Waals surface area contributed by atoms with Gasteiger partial charge in [-0.1, -0.05) is 18.2 Å². The molecule has 0 bridgehead atoms. The van der Waals surface area contributed by atoms with Crippen molar-refractivity contribution in [2.24, 2.45) is 0 Å². The molecule has 2 aromatic carbocycles. The van der Waals surface area contributed by atoms with Gasteiger partial charge < -0.3 is 15.7 Å². The maximum atomic E-state index is 14.7. The van der Waals surface area contributed by atoms with E-state index in [-0.39, 0.29) is 40.3 Å². The molecule has 164 valence electrons. The van der Waals surface area contributed by atoms with E-state index in [1.54, 1.807) is 19.1 Å². The second-order valence-electron chi connectivity index (χ2n) is 8.53. The Bertz CT molecular complexity index is 1280. The van der Waals surface area contributed by atoms with Crippen molar-refractivity contribution >= 4 is 11.7 Å². The minimum Gasteiger partial charge on any atom is -0.508 e. The van der Waals surface area contributed by atoms with Crippen LogP contribution < -0.4 is 16.2 Å². The number of aromatic hydroxyl groups is 1. The maximum Gasteiger partial charge on any atom is 0.297 e. The highest BCUT2D eigenvalue weighted by Crippen LogP contribution is 2.50. The molecule has 0 radical (unpaired) electrons. The zero-order chi connectivity index (χ0) is 22.5. The number of amides is 1. The molecule has 2 saturated carbocycles. The van der Waals surface area contributed by atoms with Crippen LogP contribution in [0.1, 0.15) is 47.2 Å². The molecule has 2 aliphatic carbocycles. The Morgan fingerprint density at radius 1 is 1.25 bits per heavy atom. The van der Waals surface area contributed by atoms with Crippen molar-refractivity contribution in [2.75, 3.05) is 5.32 Å². The summed E-state index contributed by atoms with van der Waals surface area (Å²) in [7, 11) is 0. The van der Waals surface area contributed by atoms with Crippen LogP contribution in [0.5, 0.6) is 5.75 Å². The third-order valence-corrected chi connectivity index (χ3v) is 6.12. The van der Waals surface area contributed by atoms with Crippen LogP contribution in [0.3, 0.4) is 0 Å². The molecule has 1 aromatic heterocycles. The smallest absolute Gasteiger partial charge is 0.297 e. The molecule has 32 heavy (non-hydrogen) atoms. The molecule has 0 spiro atoms. The van der Waals surface area contributed by atoms with E-state index < -0.39 is 16.9 Å². The van der Waals surface area contributed by atoms with Gasteiger partial charge in [0.15, 0.2) is 5.82 Å². The summed E-state index contributed by atoms with van der Waals surface area (Å²) < 4.78 is 16.0. The van der Waals surface area contributed by atoms with Gasteiger partial charge in [-0.15, -0.1) is 0 Å². The summed E-state index contributed by atoms with van der Waals surface area (Å²) in [5.74, 6) is -0.666. The van der Waals surface area contributed by atoms with Crippen LogP contribution in [-0.2, 0) is 5.54 Å². The molecule has 0 saturated heterocycles. The quantitative estimate of drug-likeness (QED) is 0.553. The van der Waals surface area contributed by atoms with Crippen molar-refractivity contribution in [1.82, 2.24) is 14.9 Å². The van der Waals surface area contributed by atoms with E-state index in [0.29, 0.717) is 5.56 Å². The third kappa shape index (κ3) is 3.62. The number of nitrogens with one attached hydrogen (secondary N) is 2. The van der Waals surface area contributed by atoms with Crippen LogP contribution in [0.25, 0.3) is 5.69 Å². The Morgan fingerprint density at radius 2 is 2.00 bits per heavy atom. The number of carbonyl (C=O) groups excluding carboxylic acids is 1. The largest absolute Gasteiger partial charge is 0.508 e. The number of anilines is 1. The molecule has 1 heterocycles. The molecule has 2 aliphatic rings. The first-order valence-corrected chi connectivity index (χ1v) is 10.6. The number of aromatic nitrogens is 2.